The summed E-state index contributed by atoms with van der Waals surface area (Å²) in [4.78, 5) is 14.4. The van der Waals surface area contributed by atoms with Crippen molar-refractivity contribution in [3.63, 3.8) is 0 Å². The van der Waals surface area contributed by atoms with E-state index >= 15 is 0 Å². The molecule has 1 aliphatic rings. The summed E-state index contributed by atoms with van der Waals surface area (Å²) in [5, 5.41) is 8.46. The van der Waals surface area contributed by atoms with Crippen LogP contribution in [0.25, 0.3) is 11.0 Å². The van der Waals surface area contributed by atoms with Gasteiger partial charge in [-0.3, -0.25) is 4.79 Å². The van der Waals surface area contributed by atoms with Gasteiger partial charge in [0.05, 0.1) is 17.1 Å². The molecule has 0 saturated carbocycles. The predicted molar refractivity (Wildman–Crippen MR) is 98.2 cm³/mol. The van der Waals surface area contributed by atoms with Crippen molar-refractivity contribution in [2.24, 2.45) is 0 Å². The lowest BCUT2D eigenvalue weighted by Gasteiger charge is -2.32. The molecule has 0 aliphatic carbocycles. The van der Waals surface area contributed by atoms with Crippen LogP contribution >= 0.6 is 11.6 Å². The number of rotatable bonds is 2. The maximum absolute atomic E-state index is 12.9. The second-order valence-corrected chi connectivity index (χ2v) is 7.21. The van der Waals surface area contributed by atoms with Gasteiger partial charge in [-0.15, -0.1) is 5.10 Å². The molecule has 4 rings (SSSR count). The van der Waals surface area contributed by atoms with Crippen molar-refractivity contribution in [3.05, 3.63) is 58.6 Å². The van der Waals surface area contributed by atoms with Gasteiger partial charge in [0.1, 0.15) is 5.52 Å². The van der Waals surface area contributed by atoms with E-state index in [9.17, 15) is 18.0 Å². The number of carbonyl (C=O) groups is 1. The second kappa shape index (κ2) is 7.09. The number of halogens is 4. The molecule has 0 atom stereocenters. The van der Waals surface area contributed by atoms with Gasteiger partial charge in [0.2, 0.25) is 0 Å². The van der Waals surface area contributed by atoms with E-state index in [0.29, 0.717) is 42.0 Å². The van der Waals surface area contributed by atoms with Gasteiger partial charge in [-0.2, -0.15) is 13.2 Å². The number of carbonyl (C=O) groups excluding carboxylic acids is 1. The molecule has 0 spiro atoms. The highest BCUT2D eigenvalue weighted by molar-refractivity contribution is 6.30. The van der Waals surface area contributed by atoms with E-state index < -0.39 is 11.7 Å². The van der Waals surface area contributed by atoms with Crippen molar-refractivity contribution >= 4 is 28.5 Å². The van der Waals surface area contributed by atoms with Crippen LogP contribution in [-0.2, 0) is 6.18 Å². The van der Waals surface area contributed by atoms with Crippen LogP contribution in [0.5, 0.6) is 0 Å². The van der Waals surface area contributed by atoms with Gasteiger partial charge in [-0.05, 0) is 49.2 Å². The molecule has 0 bridgehead atoms. The molecular weight excluding hydrogens is 393 g/mol. The van der Waals surface area contributed by atoms with Crippen molar-refractivity contribution in [1.29, 1.82) is 0 Å². The quantitative estimate of drug-likeness (QED) is 0.623. The summed E-state index contributed by atoms with van der Waals surface area (Å²) >= 11 is 5.95. The molecule has 0 N–H and O–H groups in total. The van der Waals surface area contributed by atoms with Crippen LogP contribution < -0.4 is 0 Å². The fourth-order valence-electron chi connectivity index (χ4n) is 3.51. The summed E-state index contributed by atoms with van der Waals surface area (Å²) in [6.07, 6.45) is -3.12. The van der Waals surface area contributed by atoms with Gasteiger partial charge in [0.25, 0.3) is 5.91 Å². The van der Waals surface area contributed by atoms with E-state index in [-0.39, 0.29) is 17.5 Å². The van der Waals surface area contributed by atoms with Crippen molar-refractivity contribution in [3.8, 4) is 0 Å². The molecule has 0 unspecified atom stereocenters. The molecule has 1 amide bonds. The molecule has 3 aromatic rings. The summed E-state index contributed by atoms with van der Waals surface area (Å²) in [6, 6.07) is 10.2. The Kier molecular flexibility index (Phi) is 4.74. The smallest absolute Gasteiger partial charge is 0.338 e. The first-order valence-electron chi connectivity index (χ1n) is 8.80. The number of likely N-dealkylation sites (tertiary alicyclic amines) is 1. The predicted octanol–water partition coefficient (Wildman–Crippen LogP) is 4.58. The third-order valence-corrected chi connectivity index (χ3v) is 5.20. The summed E-state index contributed by atoms with van der Waals surface area (Å²) in [5.41, 5.74) is 0.575. The first-order valence-corrected chi connectivity index (χ1v) is 9.18. The zero-order valence-electron chi connectivity index (χ0n) is 14.7. The van der Waals surface area contributed by atoms with Crippen LogP contribution in [0, 0.1) is 0 Å². The molecule has 1 aliphatic heterocycles. The molecule has 5 nitrogen and oxygen atoms in total. The Balaban J connectivity index is 1.49. The molecule has 1 fully saturated rings. The Morgan fingerprint density at radius 2 is 1.86 bits per heavy atom. The second-order valence-electron chi connectivity index (χ2n) is 6.77. The molecule has 2 aromatic carbocycles. The van der Waals surface area contributed by atoms with Gasteiger partial charge < -0.3 is 4.90 Å². The Morgan fingerprint density at radius 3 is 2.54 bits per heavy atom. The standard InChI is InChI=1S/C19H16ClF3N4O/c20-14-3-1-2-12(10-14)18(28)26-8-6-15(7-9-26)27-17-5-4-13(19(21,22)23)11-16(17)24-25-27/h1-5,10-11,15H,6-9H2. The Bertz CT molecular complexity index is 1030. The number of hydrogen-bond acceptors (Lipinski definition) is 3. The van der Waals surface area contributed by atoms with E-state index in [1.54, 1.807) is 33.8 Å². The number of nitrogens with zero attached hydrogens (tertiary/aromatic N) is 4. The number of benzene rings is 2. The third-order valence-electron chi connectivity index (χ3n) is 4.97. The molecule has 28 heavy (non-hydrogen) atoms. The molecule has 146 valence electrons. The molecule has 0 radical (unpaired) electrons. The Labute approximate surface area is 163 Å². The van der Waals surface area contributed by atoms with Crippen LogP contribution in [0.15, 0.2) is 42.5 Å². The minimum Gasteiger partial charge on any atom is -0.338 e. The molecule has 1 saturated heterocycles. The number of aromatic nitrogens is 3. The van der Waals surface area contributed by atoms with Crippen LogP contribution in [0.2, 0.25) is 5.02 Å². The third kappa shape index (κ3) is 3.56. The zero-order chi connectivity index (χ0) is 19.9. The van der Waals surface area contributed by atoms with E-state index in [4.69, 9.17) is 11.6 Å². The van der Waals surface area contributed by atoms with Gasteiger partial charge >= 0.3 is 6.18 Å². The maximum Gasteiger partial charge on any atom is 0.416 e. The Morgan fingerprint density at radius 1 is 1.11 bits per heavy atom. The van der Waals surface area contributed by atoms with E-state index in [2.05, 4.69) is 10.3 Å². The largest absolute Gasteiger partial charge is 0.416 e. The topological polar surface area (TPSA) is 51.0 Å². The van der Waals surface area contributed by atoms with E-state index in [0.717, 1.165) is 12.1 Å². The highest BCUT2D eigenvalue weighted by Crippen LogP contribution is 2.32. The van der Waals surface area contributed by atoms with Crippen molar-refractivity contribution in [1.82, 2.24) is 19.9 Å². The number of alkyl halides is 3. The van der Waals surface area contributed by atoms with Crippen LogP contribution in [0.3, 0.4) is 0 Å². The SMILES string of the molecule is O=C(c1cccc(Cl)c1)N1CCC(n2nnc3cc(C(F)(F)F)ccc32)CC1. The molecule has 1 aromatic heterocycles. The van der Waals surface area contributed by atoms with E-state index in [1.165, 1.54) is 6.07 Å². The minimum atomic E-state index is -4.41. The van der Waals surface area contributed by atoms with E-state index in [1.807, 2.05) is 0 Å². The van der Waals surface area contributed by atoms with Crippen molar-refractivity contribution < 1.29 is 18.0 Å². The summed E-state index contributed by atoms with van der Waals surface area (Å²) < 4.78 is 40.2. The number of piperidine rings is 1. The van der Waals surface area contributed by atoms with Crippen LogP contribution in [0.4, 0.5) is 13.2 Å². The highest BCUT2D eigenvalue weighted by Gasteiger charge is 2.32. The van der Waals surface area contributed by atoms with Crippen LogP contribution in [-0.4, -0.2) is 38.9 Å². The summed E-state index contributed by atoms with van der Waals surface area (Å²) in [5.74, 6) is -0.0841. The zero-order valence-corrected chi connectivity index (χ0v) is 15.4. The monoisotopic (exact) mass is 408 g/mol. The fourth-order valence-corrected chi connectivity index (χ4v) is 3.70. The van der Waals surface area contributed by atoms with Gasteiger partial charge in [-0.25, -0.2) is 4.68 Å². The van der Waals surface area contributed by atoms with Crippen LogP contribution in [0.1, 0.15) is 34.8 Å². The highest BCUT2D eigenvalue weighted by atomic mass is 35.5. The van der Waals surface area contributed by atoms with Gasteiger partial charge in [-0.1, -0.05) is 22.9 Å². The Hall–Kier alpha value is -2.61. The number of fused-ring (bicyclic) bond motifs is 1. The van der Waals surface area contributed by atoms with Crippen molar-refractivity contribution in [2.75, 3.05) is 13.1 Å². The average molecular weight is 409 g/mol. The van der Waals surface area contributed by atoms with Crippen molar-refractivity contribution in [2.45, 2.75) is 25.1 Å². The van der Waals surface area contributed by atoms with Gasteiger partial charge in [0.15, 0.2) is 0 Å². The first-order chi connectivity index (χ1) is 13.3. The minimum absolute atomic E-state index is 0.0230. The lowest BCUT2D eigenvalue weighted by molar-refractivity contribution is -0.137. The number of amides is 1. The van der Waals surface area contributed by atoms with Gasteiger partial charge in [0, 0.05) is 23.7 Å². The maximum atomic E-state index is 12.9. The average Bonchev–Trinajstić information content (AvgIpc) is 3.10. The normalized spacial score (nSPS) is 15.9. The molecular formula is C19H16ClF3N4O. The lowest BCUT2D eigenvalue weighted by Crippen LogP contribution is -2.39. The number of hydrogen-bond donors (Lipinski definition) is 0. The molecule has 9 heteroatoms. The lowest BCUT2D eigenvalue weighted by atomic mass is 10.0. The molecule has 2 heterocycles. The summed E-state index contributed by atoms with van der Waals surface area (Å²) in [6.45, 7) is 1.05. The fraction of sp³-hybridized carbons (Fsp3) is 0.316. The summed E-state index contributed by atoms with van der Waals surface area (Å²) in [7, 11) is 0. The first kappa shape index (κ1) is 18.7.